The quantitative estimate of drug-likeness (QED) is 0.829. The van der Waals surface area contributed by atoms with E-state index in [-0.39, 0.29) is 11.7 Å². The molecule has 100 valence electrons. The molecule has 0 spiro atoms. The molecular weight excluding hydrogens is 246 g/mol. The van der Waals surface area contributed by atoms with Crippen molar-refractivity contribution in [1.82, 2.24) is 5.32 Å². The van der Waals surface area contributed by atoms with Gasteiger partial charge in [0.25, 0.3) is 5.91 Å². The van der Waals surface area contributed by atoms with Gasteiger partial charge in [-0.2, -0.15) is 0 Å². The van der Waals surface area contributed by atoms with Crippen LogP contribution < -0.4 is 10.9 Å². The topological polar surface area (TPSA) is 68.5 Å². The zero-order chi connectivity index (χ0) is 13.7. The fourth-order valence-corrected chi connectivity index (χ4v) is 1.75. The Kier molecular flexibility index (Phi) is 4.30. The van der Waals surface area contributed by atoms with Gasteiger partial charge in [0, 0.05) is 20.3 Å². The smallest absolute Gasteiger partial charge is 0.344 e. The third kappa shape index (κ3) is 3.20. The van der Waals surface area contributed by atoms with Gasteiger partial charge in [0.1, 0.15) is 0 Å². The van der Waals surface area contributed by atoms with E-state index in [2.05, 4.69) is 5.32 Å². The summed E-state index contributed by atoms with van der Waals surface area (Å²) in [5.41, 5.74) is -0.500. The summed E-state index contributed by atoms with van der Waals surface area (Å²) >= 11 is 0. The minimum absolute atomic E-state index is 0.0288. The second-order valence-corrected chi connectivity index (χ2v) is 4.09. The molecule has 0 aliphatic carbocycles. The summed E-state index contributed by atoms with van der Waals surface area (Å²) in [4.78, 5) is 23.5. The van der Waals surface area contributed by atoms with Gasteiger partial charge < -0.3 is 14.5 Å². The van der Waals surface area contributed by atoms with Crippen LogP contribution in [-0.2, 0) is 4.74 Å². The maximum absolute atomic E-state index is 11.8. The van der Waals surface area contributed by atoms with Gasteiger partial charge in [-0.1, -0.05) is 18.2 Å². The molecule has 0 atom stereocenters. The number of fused-ring (bicyclic) bond motifs is 1. The first-order valence-electron chi connectivity index (χ1n) is 6.02. The van der Waals surface area contributed by atoms with Gasteiger partial charge in [-0.3, -0.25) is 4.79 Å². The van der Waals surface area contributed by atoms with Crippen LogP contribution in [0.4, 0.5) is 0 Å². The summed E-state index contributed by atoms with van der Waals surface area (Å²) in [7, 11) is 1.60. The molecule has 0 radical (unpaired) electrons. The summed E-state index contributed by atoms with van der Waals surface area (Å²) < 4.78 is 9.89. The number of nitrogens with one attached hydrogen (secondary N) is 1. The molecule has 1 aromatic heterocycles. The molecule has 0 bridgehead atoms. The molecular formula is C14H15NO4. The number of hydrogen-bond acceptors (Lipinski definition) is 4. The van der Waals surface area contributed by atoms with Crippen LogP contribution >= 0.6 is 0 Å². The van der Waals surface area contributed by atoms with Crippen LogP contribution in [0.1, 0.15) is 17.0 Å². The zero-order valence-electron chi connectivity index (χ0n) is 10.6. The number of hydrogen-bond donors (Lipinski definition) is 1. The molecule has 0 saturated carbocycles. The van der Waals surface area contributed by atoms with Gasteiger partial charge >= 0.3 is 5.63 Å². The highest BCUT2D eigenvalue weighted by Crippen LogP contribution is 2.11. The highest BCUT2D eigenvalue weighted by atomic mass is 16.5. The van der Waals surface area contributed by atoms with Crippen molar-refractivity contribution in [2.75, 3.05) is 20.3 Å². The van der Waals surface area contributed by atoms with Crippen LogP contribution in [0.15, 0.2) is 39.5 Å². The predicted octanol–water partition coefficient (Wildman–Crippen LogP) is 1.56. The first-order valence-corrected chi connectivity index (χ1v) is 6.02. The Morgan fingerprint density at radius 3 is 2.95 bits per heavy atom. The maximum Gasteiger partial charge on any atom is 0.344 e. The van der Waals surface area contributed by atoms with Gasteiger partial charge in [-0.15, -0.1) is 0 Å². The lowest BCUT2D eigenvalue weighted by atomic mass is 10.1. The number of ether oxygens (including phenoxy) is 1. The van der Waals surface area contributed by atoms with Crippen LogP contribution in [0.3, 0.4) is 0 Å². The Balaban J connectivity index is 2.16. The minimum Gasteiger partial charge on any atom is -0.417 e. The third-order valence-electron chi connectivity index (χ3n) is 2.70. The lowest BCUT2D eigenvalue weighted by molar-refractivity contribution is 0.0917. The second kappa shape index (κ2) is 6.15. The summed E-state index contributed by atoms with van der Waals surface area (Å²) in [6.45, 7) is 1.05. The molecule has 1 N–H and O–H groups in total. The normalized spacial score (nSPS) is 10.6. The Bertz CT molecular complexity index is 633. The SMILES string of the molecule is COCCCNC(=O)c1cc2ccccc2c(=O)o1. The number of rotatable bonds is 5. The molecule has 2 rings (SSSR count). The Hall–Kier alpha value is -2.14. The maximum atomic E-state index is 11.8. The van der Waals surface area contributed by atoms with Crippen molar-refractivity contribution in [3.8, 4) is 0 Å². The van der Waals surface area contributed by atoms with Gasteiger partial charge in [0.2, 0.25) is 0 Å². The molecule has 0 aliphatic rings. The molecule has 0 fully saturated rings. The van der Waals surface area contributed by atoms with Gasteiger partial charge in [-0.25, -0.2) is 4.79 Å². The van der Waals surface area contributed by atoms with E-state index in [9.17, 15) is 9.59 Å². The summed E-state index contributed by atoms with van der Waals surface area (Å²) in [5, 5.41) is 3.84. The van der Waals surface area contributed by atoms with Crippen LogP contribution in [0.25, 0.3) is 10.8 Å². The molecule has 1 aromatic carbocycles. The summed E-state index contributed by atoms with van der Waals surface area (Å²) in [6.07, 6.45) is 0.708. The monoisotopic (exact) mass is 261 g/mol. The van der Waals surface area contributed by atoms with E-state index in [1.54, 1.807) is 31.4 Å². The highest BCUT2D eigenvalue weighted by molar-refractivity contribution is 5.95. The van der Waals surface area contributed by atoms with Gasteiger partial charge in [0.05, 0.1) is 5.39 Å². The molecule has 5 nitrogen and oxygen atoms in total. The summed E-state index contributed by atoms with van der Waals surface area (Å²) in [5.74, 6) is -0.361. The van der Waals surface area contributed by atoms with Gasteiger partial charge in [-0.05, 0) is 23.9 Å². The largest absolute Gasteiger partial charge is 0.417 e. The lowest BCUT2D eigenvalue weighted by Crippen LogP contribution is -2.26. The Labute approximate surface area is 110 Å². The molecule has 0 saturated heterocycles. The first-order chi connectivity index (χ1) is 9.22. The van der Waals surface area contributed by atoms with E-state index in [4.69, 9.17) is 9.15 Å². The standard InChI is InChI=1S/C14H15NO4/c1-18-8-4-7-15-13(16)12-9-10-5-2-3-6-11(10)14(17)19-12/h2-3,5-6,9H,4,7-8H2,1H3,(H,15,16). The van der Waals surface area contributed by atoms with Crippen molar-refractivity contribution in [3.63, 3.8) is 0 Å². The fraction of sp³-hybridized carbons (Fsp3) is 0.286. The molecule has 1 heterocycles. The first kappa shape index (κ1) is 13.3. The van der Waals surface area contributed by atoms with Gasteiger partial charge in [0.15, 0.2) is 5.76 Å². The number of carbonyl (C=O) groups excluding carboxylic acids is 1. The van der Waals surface area contributed by atoms with E-state index in [1.807, 2.05) is 6.07 Å². The van der Waals surface area contributed by atoms with Crippen molar-refractivity contribution in [2.45, 2.75) is 6.42 Å². The van der Waals surface area contributed by atoms with Crippen molar-refractivity contribution >= 4 is 16.7 Å². The lowest BCUT2D eigenvalue weighted by Gasteiger charge is -2.04. The fourth-order valence-electron chi connectivity index (χ4n) is 1.75. The third-order valence-corrected chi connectivity index (χ3v) is 2.70. The predicted molar refractivity (Wildman–Crippen MR) is 71.3 cm³/mol. The van der Waals surface area contributed by atoms with Crippen molar-refractivity contribution in [1.29, 1.82) is 0 Å². The van der Waals surface area contributed by atoms with Crippen LogP contribution in [-0.4, -0.2) is 26.2 Å². The van der Waals surface area contributed by atoms with E-state index in [0.29, 0.717) is 30.3 Å². The zero-order valence-corrected chi connectivity index (χ0v) is 10.6. The molecule has 0 aliphatic heterocycles. The Morgan fingerprint density at radius 1 is 1.37 bits per heavy atom. The molecule has 5 heteroatoms. The number of benzene rings is 1. The molecule has 2 aromatic rings. The molecule has 19 heavy (non-hydrogen) atoms. The van der Waals surface area contributed by atoms with E-state index >= 15 is 0 Å². The van der Waals surface area contributed by atoms with Crippen molar-refractivity contribution < 1.29 is 13.9 Å². The van der Waals surface area contributed by atoms with Crippen LogP contribution in [0.2, 0.25) is 0 Å². The van der Waals surface area contributed by atoms with E-state index in [1.165, 1.54) is 0 Å². The number of amides is 1. The second-order valence-electron chi connectivity index (χ2n) is 4.09. The average Bonchev–Trinajstić information content (AvgIpc) is 2.43. The molecule has 0 unspecified atom stereocenters. The van der Waals surface area contributed by atoms with Crippen LogP contribution in [0, 0.1) is 0 Å². The van der Waals surface area contributed by atoms with Crippen LogP contribution in [0.5, 0.6) is 0 Å². The minimum atomic E-state index is -0.500. The number of methoxy groups -OCH3 is 1. The highest BCUT2D eigenvalue weighted by Gasteiger charge is 2.11. The Morgan fingerprint density at radius 2 is 2.16 bits per heavy atom. The summed E-state index contributed by atoms with van der Waals surface area (Å²) in [6, 6.07) is 8.57. The van der Waals surface area contributed by atoms with Crippen molar-refractivity contribution in [3.05, 3.63) is 46.5 Å². The number of carbonyl (C=O) groups is 1. The average molecular weight is 261 g/mol. The molecule has 1 amide bonds. The van der Waals surface area contributed by atoms with Crippen molar-refractivity contribution in [2.24, 2.45) is 0 Å². The van der Waals surface area contributed by atoms with E-state index in [0.717, 1.165) is 0 Å². The van der Waals surface area contributed by atoms with E-state index < -0.39 is 5.63 Å².